The Hall–Kier alpha value is -0.130. The molecule has 3 N–H and O–H groups in total. The molecule has 5 heteroatoms. The Morgan fingerprint density at radius 2 is 1.83 bits per heavy atom. The van der Waals surface area contributed by atoms with Crippen LogP contribution in [0.5, 0.6) is 0 Å². The van der Waals surface area contributed by atoms with Gasteiger partial charge in [0.2, 0.25) is 10.0 Å². The van der Waals surface area contributed by atoms with Gasteiger partial charge in [0, 0.05) is 6.54 Å². The van der Waals surface area contributed by atoms with Crippen molar-refractivity contribution in [1.82, 2.24) is 4.72 Å². The molecule has 0 unspecified atom stereocenters. The van der Waals surface area contributed by atoms with E-state index in [0.717, 1.165) is 18.8 Å². The molecule has 0 aromatic rings. The third kappa shape index (κ3) is 6.71. The molecule has 0 amide bonds. The molecule has 1 aliphatic carbocycles. The minimum absolute atomic E-state index is 0.214. The largest absolute Gasteiger partial charge is 0.330 e. The van der Waals surface area contributed by atoms with Gasteiger partial charge in [0.05, 0.1) is 5.75 Å². The average Bonchev–Trinajstić information content (AvgIpc) is 2.32. The molecule has 0 aromatic heterocycles. The predicted molar refractivity (Wildman–Crippen MR) is 75.8 cm³/mol. The van der Waals surface area contributed by atoms with E-state index in [1.807, 2.05) is 0 Å². The molecule has 1 aliphatic rings. The van der Waals surface area contributed by atoms with Crippen molar-refractivity contribution in [1.29, 1.82) is 0 Å². The monoisotopic (exact) mass is 276 g/mol. The van der Waals surface area contributed by atoms with Crippen LogP contribution in [0, 0.1) is 11.8 Å². The molecule has 1 rings (SSSR count). The summed E-state index contributed by atoms with van der Waals surface area (Å²) in [6.45, 7) is 3.47. The van der Waals surface area contributed by atoms with Crippen molar-refractivity contribution in [3.8, 4) is 0 Å². The molecular formula is C13H28N2O2S. The highest BCUT2D eigenvalue weighted by Crippen LogP contribution is 2.29. The standard InChI is InChI=1S/C13H28N2O2S/c1-12-4-6-13(7-5-12)8-10-15-18(16,17)11-3-2-9-14/h12-13,15H,2-11,14H2,1H3. The van der Waals surface area contributed by atoms with E-state index < -0.39 is 10.0 Å². The van der Waals surface area contributed by atoms with Crippen LogP contribution >= 0.6 is 0 Å². The Labute approximate surface area is 112 Å². The van der Waals surface area contributed by atoms with E-state index in [1.54, 1.807) is 0 Å². The van der Waals surface area contributed by atoms with Crippen LogP contribution in [0.2, 0.25) is 0 Å². The van der Waals surface area contributed by atoms with E-state index in [-0.39, 0.29) is 5.75 Å². The zero-order valence-corrected chi connectivity index (χ0v) is 12.3. The zero-order chi connectivity index (χ0) is 13.4. The van der Waals surface area contributed by atoms with Gasteiger partial charge in [-0.2, -0.15) is 0 Å². The second-order valence-corrected chi connectivity index (χ2v) is 7.55. The number of hydrogen-bond donors (Lipinski definition) is 2. The SMILES string of the molecule is CC1CCC(CCNS(=O)(=O)CCCCN)CC1. The topological polar surface area (TPSA) is 72.2 Å². The van der Waals surface area contributed by atoms with Crippen molar-refractivity contribution in [2.24, 2.45) is 17.6 Å². The van der Waals surface area contributed by atoms with Gasteiger partial charge in [-0.3, -0.25) is 0 Å². The molecule has 0 radical (unpaired) electrons. The Balaban J connectivity index is 2.12. The van der Waals surface area contributed by atoms with Gasteiger partial charge < -0.3 is 5.73 Å². The van der Waals surface area contributed by atoms with Crippen molar-refractivity contribution in [2.45, 2.75) is 51.9 Å². The van der Waals surface area contributed by atoms with Gasteiger partial charge in [-0.05, 0) is 37.6 Å². The number of hydrogen-bond acceptors (Lipinski definition) is 3. The lowest BCUT2D eigenvalue weighted by Gasteiger charge is -2.26. The molecule has 4 nitrogen and oxygen atoms in total. The van der Waals surface area contributed by atoms with Gasteiger partial charge in [0.1, 0.15) is 0 Å². The summed E-state index contributed by atoms with van der Waals surface area (Å²) < 4.78 is 26.0. The van der Waals surface area contributed by atoms with Crippen molar-refractivity contribution in [3.63, 3.8) is 0 Å². The number of rotatable bonds is 8. The van der Waals surface area contributed by atoms with Crippen LogP contribution in [0.1, 0.15) is 51.9 Å². The molecule has 0 bridgehead atoms. The first-order valence-electron chi connectivity index (χ1n) is 7.21. The van der Waals surface area contributed by atoms with Crippen molar-refractivity contribution in [3.05, 3.63) is 0 Å². The van der Waals surface area contributed by atoms with Gasteiger partial charge in [-0.1, -0.05) is 32.6 Å². The van der Waals surface area contributed by atoms with Gasteiger partial charge in [0.25, 0.3) is 0 Å². The van der Waals surface area contributed by atoms with E-state index in [1.165, 1.54) is 25.7 Å². The summed E-state index contributed by atoms with van der Waals surface area (Å²) >= 11 is 0. The summed E-state index contributed by atoms with van der Waals surface area (Å²) in [5.41, 5.74) is 5.35. The summed E-state index contributed by atoms with van der Waals surface area (Å²) in [5.74, 6) is 1.79. The lowest BCUT2D eigenvalue weighted by atomic mass is 9.81. The fraction of sp³-hybridized carbons (Fsp3) is 1.00. The van der Waals surface area contributed by atoms with Gasteiger partial charge in [-0.25, -0.2) is 13.1 Å². The van der Waals surface area contributed by atoms with E-state index in [0.29, 0.717) is 25.4 Å². The Morgan fingerprint density at radius 1 is 1.17 bits per heavy atom. The highest BCUT2D eigenvalue weighted by atomic mass is 32.2. The van der Waals surface area contributed by atoms with Crippen molar-refractivity contribution >= 4 is 10.0 Å². The lowest BCUT2D eigenvalue weighted by Crippen LogP contribution is -2.29. The third-order valence-corrected chi connectivity index (χ3v) is 5.35. The smallest absolute Gasteiger partial charge is 0.211 e. The lowest BCUT2D eigenvalue weighted by molar-refractivity contribution is 0.278. The normalized spacial score (nSPS) is 25.2. The van der Waals surface area contributed by atoms with Crippen LogP contribution < -0.4 is 10.5 Å². The van der Waals surface area contributed by atoms with Crippen LogP contribution in [0.4, 0.5) is 0 Å². The molecule has 108 valence electrons. The van der Waals surface area contributed by atoms with Gasteiger partial charge >= 0.3 is 0 Å². The summed E-state index contributed by atoms with van der Waals surface area (Å²) in [5, 5.41) is 0. The number of nitrogens with two attached hydrogens (primary N) is 1. The van der Waals surface area contributed by atoms with Crippen LogP contribution in [-0.2, 0) is 10.0 Å². The van der Waals surface area contributed by atoms with E-state index in [4.69, 9.17) is 5.73 Å². The van der Waals surface area contributed by atoms with Crippen molar-refractivity contribution in [2.75, 3.05) is 18.8 Å². The molecule has 1 fully saturated rings. The molecule has 0 saturated heterocycles. The highest BCUT2D eigenvalue weighted by Gasteiger charge is 2.18. The first-order valence-corrected chi connectivity index (χ1v) is 8.86. The second kappa shape index (κ2) is 8.12. The van der Waals surface area contributed by atoms with E-state index in [9.17, 15) is 8.42 Å². The number of sulfonamides is 1. The van der Waals surface area contributed by atoms with E-state index in [2.05, 4.69) is 11.6 Å². The average molecular weight is 276 g/mol. The first-order chi connectivity index (χ1) is 8.53. The Bertz CT molecular complexity index is 309. The second-order valence-electron chi connectivity index (χ2n) is 5.62. The maximum absolute atomic E-state index is 11.6. The maximum Gasteiger partial charge on any atom is 0.211 e. The fourth-order valence-electron chi connectivity index (χ4n) is 2.54. The fourth-order valence-corrected chi connectivity index (χ4v) is 3.70. The third-order valence-electron chi connectivity index (χ3n) is 3.88. The number of unbranched alkanes of at least 4 members (excludes halogenated alkanes) is 1. The Morgan fingerprint density at radius 3 is 2.44 bits per heavy atom. The highest BCUT2D eigenvalue weighted by molar-refractivity contribution is 7.89. The molecule has 0 spiro atoms. The molecule has 0 heterocycles. The van der Waals surface area contributed by atoms with Crippen LogP contribution in [-0.4, -0.2) is 27.3 Å². The predicted octanol–water partition coefficient (Wildman–Crippen LogP) is 1.86. The van der Waals surface area contributed by atoms with Crippen LogP contribution in [0.3, 0.4) is 0 Å². The minimum atomic E-state index is -3.07. The Kier molecular flexibility index (Phi) is 7.19. The summed E-state index contributed by atoms with van der Waals surface area (Å²) in [6, 6.07) is 0. The number of nitrogens with one attached hydrogen (secondary N) is 1. The molecule has 0 aliphatic heterocycles. The molecule has 1 saturated carbocycles. The maximum atomic E-state index is 11.6. The summed E-state index contributed by atoms with van der Waals surface area (Å²) in [7, 11) is -3.07. The molecule has 0 aromatic carbocycles. The first kappa shape index (κ1) is 15.9. The summed E-state index contributed by atoms with van der Waals surface area (Å²) in [4.78, 5) is 0. The van der Waals surface area contributed by atoms with Crippen LogP contribution in [0.15, 0.2) is 0 Å². The zero-order valence-electron chi connectivity index (χ0n) is 11.5. The van der Waals surface area contributed by atoms with Gasteiger partial charge in [-0.15, -0.1) is 0 Å². The minimum Gasteiger partial charge on any atom is -0.330 e. The molecule has 18 heavy (non-hydrogen) atoms. The van der Waals surface area contributed by atoms with Gasteiger partial charge in [0.15, 0.2) is 0 Å². The summed E-state index contributed by atoms with van der Waals surface area (Å²) in [6.07, 6.45) is 7.55. The molecular weight excluding hydrogens is 248 g/mol. The van der Waals surface area contributed by atoms with E-state index >= 15 is 0 Å². The van der Waals surface area contributed by atoms with Crippen LogP contribution in [0.25, 0.3) is 0 Å². The van der Waals surface area contributed by atoms with Crippen molar-refractivity contribution < 1.29 is 8.42 Å². The quantitative estimate of drug-likeness (QED) is 0.665. The molecule has 0 atom stereocenters.